The van der Waals surface area contributed by atoms with Crippen molar-refractivity contribution >= 4 is 28.2 Å². The number of nitrogens with one attached hydrogen (secondary N) is 1. The van der Waals surface area contributed by atoms with Crippen molar-refractivity contribution in [3.8, 4) is 10.4 Å². The summed E-state index contributed by atoms with van der Waals surface area (Å²) in [6, 6.07) is 30.7. The fourth-order valence-electron chi connectivity index (χ4n) is 3.97. The maximum atomic E-state index is 13.7. The summed E-state index contributed by atoms with van der Waals surface area (Å²) >= 11 is 1.37. The topological polar surface area (TPSA) is 58.6 Å². The average Bonchev–Trinajstić information content (AvgIpc) is 3.30. The van der Waals surface area contributed by atoms with Gasteiger partial charge >= 0.3 is 5.97 Å². The highest BCUT2D eigenvalue weighted by molar-refractivity contribution is 7.20. The number of thiophene rings is 1. The lowest BCUT2D eigenvalue weighted by Gasteiger charge is -2.27. The van der Waals surface area contributed by atoms with Crippen molar-refractivity contribution in [2.24, 2.45) is 0 Å². The van der Waals surface area contributed by atoms with Crippen molar-refractivity contribution < 1.29 is 14.3 Å². The van der Waals surface area contributed by atoms with Crippen LogP contribution in [0.1, 0.15) is 34.5 Å². The molecule has 4 rings (SSSR count). The molecular weight excluding hydrogens is 456 g/mol. The molecule has 0 fully saturated rings. The number of carbonyl (C=O) groups excluding carboxylic acids is 2. The largest absolute Gasteiger partial charge is 0.462 e. The highest BCUT2D eigenvalue weighted by atomic mass is 32.1. The van der Waals surface area contributed by atoms with Gasteiger partial charge in [-0.2, -0.15) is 0 Å². The van der Waals surface area contributed by atoms with Gasteiger partial charge in [0.05, 0.1) is 12.2 Å². The predicted molar refractivity (Wildman–Crippen MR) is 141 cm³/mol. The Kier molecular flexibility index (Phi) is 8.08. The second-order valence-electron chi connectivity index (χ2n) is 8.14. The van der Waals surface area contributed by atoms with Crippen LogP contribution in [0.5, 0.6) is 0 Å². The van der Waals surface area contributed by atoms with Crippen LogP contribution in [-0.4, -0.2) is 30.4 Å². The Morgan fingerprint density at radius 1 is 0.914 bits per heavy atom. The zero-order chi connectivity index (χ0) is 24.6. The van der Waals surface area contributed by atoms with Gasteiger partial charge < -0.3 is 10.1 Å². The molecular formula is C29H28N2O3S. The Balaban J connectivity index is 1.66. The number of amides is 1. The molecule has 0 aliphatic rings. The number of esters is 1. The third-order valence-corrected chi connectivity index (χ3v) is 6.70. The quantitative estimate of drug-likeness (QED) is 0.279. The number of carbonyl (C=O) groups is 2. The van der Waals surface area contributed by atoms with E-state index >= 15 is 0 Å². The summed E-state index contributed by atoms with van der Waals surface area (Å²) in [6.45, 7) is 2.62. The minimum absolute atomic E-state index is 0.207. The van der Waals surface area contributed by atoms with E-state index in [1.165, 1.54) is 11.3 Å². The number of hydrogen-bond acceptors (Lipinski definition) is 5. The van der Waals surface area contributed by atoms with Crippen LogP contribution in [-0.2, 0) is 16.1 Å². The number of nitrogens with zero attached hydrogens (tertiary/aromatic N) is 1. The molecule has 1 aromatic heterocycles. The van der Waals surface area contributed by atoms with E-state index in [0.717, 1.165) is 21.6 Å². The molecule has 0 bridgehead atoms. The van der Waals surface area contributed by atoms with Crippen molar-refractivity contribution in [1.82, 2.24) is 4.90 Å². The Hall–Kier alpha value is -3.74. The Bertz CT molecular complexity index is 1260. The van der Waals surface area contributed by atoms with E-state index in [2.05, 4.69) is 5.32 Å². The maximum Gasteiger partial charge on any atom is 0.341 e. The number of benzene rings is 3. The highest BCUT2D eigenvalue weighted by Crippen LogP contribution is 2.37. The standard InChI is InChI=1S/C29H28N2O3S/c1-3-34-29(33)24-19-25(22-15-9-5-10-16-22)35-28(24)30-27(32)26(23-17-11-6-12-18-23)31(2)20-21-13-7-4-8-14-21/h4-19,26H,3,20H2,1-2H3,(H,30,32)/t26-/m0/s1. The molecule has 1 amide bonds. The van der Waals surface area contributed by atoms with Crippen LogP contribution in [0.4, 0.5) is 5.00 Å². The van der Waals surface area contributed by atoms with Gasteiger partial charge in [-0.25, -0.2) is 4.79 Å². The lowest BCUT2D eigenvalue weighted by Crippen LogP contribution is -2.34. The van der Waals surface area contributed by atoms with E-state index in [9.17, 15) is 9.59 Å². The van der Waals surface area contributed by atoms with E-state index in [1.54, 1.807) is 13.0 Å². The summed E-state index contributed by atoms with van der Waals surface area (Å²) < 4.78 is 5.28. The van der Waals surface area contributed by atoms with E-state index in [1.807, 2.05) is 103 Å². The molecule has 0 saturated carbocycles. The molecule has 0 aliphatic heterocycles. The Morgan fingerprint density at radius 3 is 2.14 bits per heavy atom. The third kappa shape index (κ3) is 6.04. The van der Waals surface area contributed by atoms with E-state index in [0.29, 0.717) is 17.1 Å². The van der Waals surface area contributed by atoms with Crippen LogP contribution in [0, 0.1) is 0 Å². The smallest absolute Gasteiger partial charge is 0.341 e. The summed E-state index contributed by atoms with van der Waals surface area (Å²) in [5, 5.41) is 3.53. The van der Waals surface area contributed by atoms with Crippen LogP contribution in [0.15, 0.2) is 97.1 Å². The third-order valence-electron chi connectivity index (χ3n) is 5.60. The molecule has 35 heavy (non-hydrogen) atoms. The summed E-state index contributed by atoms with van der Waals surface area (Å²) in [4.78, 5) is 29.4. The lowest BCUT2D eigenvalue weighted by molar-refractivity contribution is -0.121. The van der Waals surface area contributed by atoms with Gasteiger partial charge in [-0.05, 0) is 36.7 Å². The predicted octanol–water partition coefficient (Wildman–Crippen LogP) is 6.40. The van der Waals surface area contributed by atoms with Crippen LogP contribution in [0.3, 0.4) is 0 Å². The lowest BCUT2D eigenvalue weighted by atomic mass is 10.0. The van der Waals surface area contributed by atoms with Crippen LogP contribution in [0.2, 0.25) is 0 Å². The highest BCUT2D eigenvalue weighted by Gasteiger charge is 2.28. The minimum Gasteiger partial charge on any atom is -0.462 e. The van der Waals surface area contributed by atoms with E-state index < -0.39 is 12.0 Å². The van der Waals surface area contributed by atoms with Gasteiger partial charge in [0.1, 0.15) is 11.0 Å². The normalized spacial score (nSPS) is 11.7. The zero-order valence-corrected chi connectivity index (χ0v) is 20.6. The molecule has 1 heterocycles. The van der Waals surface area contributed by atoms with Gasteiger partial charge in [0.2, 0.25) is 5.91 Å². The number of rotatable bonds is 9. The first-order valence-electron chi connectivity index (χ1n) is 11.5. The van der Waals surface area contributed by atoms with E-state index in [4.69, 9.17) is 4.74 Å². The van der Waals surface area contributed by atoms with Gasteiger partial charge in [0.15, 0.2) is 0 Å². The van der Waals surface area contributed by atoms with Crippen molar-refractivity contribution in [3.63, 3.8) is 0 Å². The summed E-state index contributed by atoms with van der Waals surface area (Å²) in [5.74, 6) is -0.656. The molecule has 1 atom stereocenters. The van der Waals surface area contributed by atoms with Crippen LogP contribution in [0.25, 0.3) is 10.4 Å². The second kappa shape index (κ2) is 11.6. The van der Waals surface area contributed by atoms with Gasteiger partial charge in [-0.15, -0.1) is 11.3 Å². The monoisotopic (exact) mass is 484 g/mol. The van der Waals surface area contributed by atoms with Gasteiger partial charge in [-0.1, -0.05) is 91.0 Å². The molecule has 6 heteroatoms. The van der Waals surface area contributed by atoms with Crippen molar-refractivity contribution in [2.75, 3.05) is 19.0 Å². The molecule has 0 spiro atoms. The fourth-order valence-corrected chi connectivity index (χ4v) is 5.03. The first kappa shape index (κ1) is 24.4. The van der Waals surface area contributed by atoms with Crippen molar-refractivity contribution in [3.05, 3.63) is 114 Å². The SMILES string of the molecule is CCOC(=O)c1cc(-c2ccccc2)sc1NC(=O)[C@H](c1ccccc1)N(C)Cc1ccccc1. The summed E-state index contributed by atoms with van der Waals surface area (Å²) in [6.07, 6.45) is 0. The molecule has 178 valence electrons. The van der Waals surface area contributed by atoms with Gasteiger partial charge in [0.25, 0.3) is 0 Å². The Labute approximate surface area is 210 Å². The zero-order valence-electron chi connectivity index (χ0n) is 19.8. The Morgan fingerprint density at radius 2 is 1.51 bits per heavy atom. The molecule has 4 aromatic rings. The molecule has 0 radical (unpaired) electrons. The first-order valence-corrected chi connectivity index (χ1v) is 12.3. The van der Waals surface area contributed by atoms with Crippen molar-refractivity contribution in [2.45, 2.75) is 19.5 Å². The maximum absolute atomic E-state index is 13.7. The average molecular weight is 485 g/mol. The number of likely N-dealkylation sites (N-methyl/N-ethyl adjacent to an activating group) is 1. The molecule has 0 aliphatic carbocycles. The summed E-state index contributed by atoms with van der Waals surface area (Å²) in [7, 11) is 1.93. The molecule has 5 nitrogen and oxygen atoms in total. The molecule has 0 unspecified atom stereocenters. The first-order chi connectivity index (χ1) is 17.1. The van der Waals surface area contributed by atoms with E-state index in [-0.39, 0.29) is 12.5 Å². The fraction of sp³-hybridized carbons (Fsp3) is 0.172. The van der Waals surface area contributed by atoms with Crippen molar-refractivity contribution in [1.29, 1.82) is 0 Å². The minimum atomic E-state index is -0.547. The number of ether oxygens (including phenoxy) is 1. The van der Waals surface area contributed by atoms with Crippen LogP contribution >= 0.6 is 11.3 Å². The number of anilines is 1. The molecule has 0 saturated heterocycles. The van der Waals surface area contributed by atoms with Crippen LogP contribution < -0.4 is 5.32 Å². The summed E-state index contributed by atoms with van der Waals surface area (Å²) in [5.41, 5.74) is 3.32. The van der Waals surface area contributed by atoms with Gasteiger partial charge in [-0.3, -0.25) is 9.69 Å². The number of hydrogen-bond donors (Lipinski definition) is 1. The second-order valence-corrected chi connectivity index (χ2v) is 9.20. The molecule has 3 aromatic carbocycles. The molecule has 1 N–H and O–H groups in total. The van der Waals surface area contributed by atoms with Gasteiger partial charge in [0, 0.05) is 11.4 Å².